The molecule has 1 aliphatic carbocycles. The van der Waals surface area contributed by atoms with Gasteiger partial charge in [0.05, 0.1) is 0 Å². The number of hydrogen-bond donors (Lipinski definition) is 1. The van der Waals surface area contributed by atoms with Gasteiger partial charge in [-0.2, -0.15) is 0 Å². The van der Waals surface area contributed by atoms with Crippen molar-refractivity contribution in [2.75, 3.05) is 32.7 Å². The number of benzene rings is 1. The number of carbonyl (C=O) groups excluding carboxylic acids is 1. The molecule has 4 rings (SSSR count). The minimum atomic E-state index is -1.59. The van der Waals surface area contributed by atoms with E-state index in [0.717, 1.165) is 38.9 Å². The fraction of sp³-hybridized carbons (Fsp3) is 0.625. The molecular formula is C24H36InN3O. The predicted octanol–water partition coefficient (Wildman–Crippen LogP) is 3.40. The van der Waals surface area contributed by atoms with Crippen LogP contribution in [0.15, 0.2) is 40.2 Å². The van der Waals surface area contributed by atoms with Crippen LogP contribution in [0.3, 0.4) is 0 Å². The molecule has 1 saturated heterocycles. The first kappa shape index (κ1) is 21.5. The van der Waals surface area contributed by atoms with Crippen LogP contribution < -0.4 is 5.32 Å². The topological polar surface area (TPSA) is 35.6 Å². The number of nitrogens with zero attached hydrogens (tertiary/aromatic N) is 2. The minimum absolute atomic E-state index is 0.268. The van der Waals surface area contributed by atoms with Crippen LogP contribution in [0.5, 0.6) is 0 Å². The second-order valence-electron chi connectivity index (χ2n) is 9.07. The number of piperazine rings is 1. The number of rotatable bonds is 7. The van der Waals surface area contributed by atoms with E-state index in [-0.39, 0.29) is 5.92 Å². The van der Waals surface area contributed by atoms with Crippen molar-refractivity contribution < 1.29 is 4.79 Å². The average Bonchev–Trinajstić information content (AvgIpc) is 3.31. The zero-order chi connectivity index (χ0) is 19.9. The van der Waals surface area contributed by atoms with Gasteiger partial charge in [-0.3, -0.25) is 0 Å². The van der Waals surface area contributed by atoms with E-state index < -0.39 is 21.7 Å². The van der Waals surface area contributed by atoms with Crippen LogP contribution in [0, 0.1) is 5.92 Å². The van der Waals surface area contributed by atoms with Crippen LogP contribution in [0.2, 0.25) is 4.18 Å². The van der Waals surface area contributed by atoms with Gasteiger partial charge in [0.15, 0.2) is 0 Å². The van der Waals surface area contributed by atoms with Gasteiger partial charge < -0.3 is 0 Å². The molecule has 3 aliphatic rings. The van der Waals surface area contributed by atoms with Crippen molar-refractivity contribution in [3.8, 4) is 0 Å². The quantitative estimate of drug-likeness (QED) is 0.628. The van der Waals surface area contributed by atoms with Crippen molar-refractivity contribution in [3.63, 3.8) is 0 Å². The van der Waals surface area contributed by atoms with Crippen LogP contribution in [-0.4, -0.2) is 74.2 Å². The summed E-state index contributed by atoms with van der Waals surface area (Å²) in [5, 5.41) is 3.26. The normalized spacial score (nSPS) is 24.1. The fourth-order valence-corrected chi connectivity index (χ4v) is 13.3. The summed E-state index contributed by atoms with van der Waals surface area (Å²) in [6, 6.07) is 11.5. The third kappa shape index (κ3) is 6.11. The molecule has 2 heterocycles. The monoisotopic (exact) mass is 497 g/mol. The van der Waals surface area contributed by atoms with Crippen LogP contribution in [0.25, 0.3) is 0 Å². The summed E-state index contributed by atoms with van der Waals surface area (Å²) >= 11 is -1.59. The van der Waals surface area contributed by atoms with Crippen molar-refractivity contribution in [2.45, 2.75) is 55.2 Å². The number of amides is 1. The summed E-state index contributed by atoms with van der Waals surface area (Å²) in [4.78, 5) is 15.1. The molecular weight excluding hydrogens is 461 g/mol. The number of hydrogen-bond acceptors (Lipinski definition) is 3. The maximum atomic E-state index is 12.5. The summed E-state index contributed by atoms with van der Waals surface area (Å²) in [5.74, 6) is 0.569. The molecule has 1 N–H and O–H groups in total. The van der Waals surface area contributed by atoms with E-state index in [1.54, 1.807) is 0 Å². The van der Waals surface area contributed by atoms with Crippen LogP contribution >= 0.6 is 0 Å². The SMILES string of the molecule is O=C(NCCN1CC[N]([In]2[CH]=CC[CH2]2)C[C@H]1Cc1ccccc1)C1CCCCC1. The first-order valence-corrected chi connectivity index (χ1v) is 17.5. The number of allylic oxidation sites excluding steroid dienone is 1. The number of nitrogens with one attached hydrogen (secondary N) is 1. The zero-order valence-electron chi connectivity index (χ0n) is 17.8. The Kier molecular flexibility index (Phi) is 8.15. The Labute approximate surface area is 184 Å². The summed E-state index contributed by atoms with van der Waals surface area (Å²) in [6.07, 6.45) is 10.8. The summed E-state index contributed by atoms with van der Waals surface area (Å²) in [7, 11) is 0. The van der Waals surface area contributed by atoms with Crippen molar-refractivity contribution in [1.82, 2.24) is 13.1 Å². The van der Waals surface area contributed by atoms with Gasteiger partial charge in [-0.1, -0.05) is 0 Å². The molecule has 1 atom stereocenters. The first-order valence-electron chi connectivity index (χ1n) is 11.8. The van der Waals surface area contributed by atoms with Gasteiger partial charge in [0.25, 0.3) is 0 Å². The van der Waals surface area contributed by atoms with Gasteiger partial charge >= 0.3 is 185 Å². The first-order chi connectivity index (χ1) is 14.3. The molecule has 0 unspecified atom stereocenters. The Morgan fingerprint density at radius 2 is 1.93 bits per heavy atom. The molecule has 4 nitrogen and oxygen atoms in total. The van der Waals surface area contributed by atoms with Crippen molar-refractivity contribution in [2.24, 2.45) is 5.92 Å². The van der Waals surface area contributed by atoms with E-state index >= 15 is 0 Å². The summed E-state index contributed by atoms with van der Waals surface area (Å²) in [5.41, 5.74) is 1.44. The Bertz CT molecular complexity index is 674. The van der Waals surface area contributed by atoms with E-state index in [1.165, 1.54) is 48.5 Å². The van der Waals surface area contributed by atoms with Crippen LogP contribution in [0.4, 0.5) is 0 Å². The molecule has 1 saturated carbocycles. The molecule has 0 spiro atoms. The Hall–Kier alpha value is -0.780. The molecule has 1 aromatic carbocycles. The van der Waals surface area contributed by atoms with Gasteiger partial charge in [-0.05, 0) is 0 Å². The maximum absolute atomic E-state index is 12.5. The van der Waals surface area contributed by atoms with Crippen molar-refractivity contribution in [3.05, 3.63) is 45.8 Å². The second-order valence-corrected chi connectivity index (χ2v) is 17.1. The zero-order valence-corrected chi connectivity index (χ0v) is 21.1. The molecule has 5 heteroatoms. The molecule has 0 aromatic heterocycles. The van der Waals surface area contributed by atoms with Crippen molar-refractivity contribution >= 4 is 27.6 Å². The van der Waals surface area contributed by atoms with Gasteiger partial charge in [0.1, 0.15) is 0 Å². The average molecular weight is 497 g/mol. The second kappa shape index (κ2) is 11.0. The van der Waals surface area contributed by atoms with Gasteiger partial charge in [0.2, 0.25) is 0 Å². The van der Waals surface area contributed by atoms with E-state index in [9.17, 15) is 4.79 Å². The standard InChI is InChI=1S/C20H30N3O.C4H6.In/c24-20(18-9-5-2-6-10-18)22-12-14-23-13-11-21-16-19(23)15-17-7-3-1-4-8-17;1-3-4-2;/h1,3-4,7-8,18-19H,2,5-6,9-16H2,(H,22,24);1,3H,2,4H2;/q-1;;+1/t19-;;/m1../s1. The molecule has 156 valence electrons. The summed E-state index contributed by atoms with van der Waals surface area (Å²) in [6.45, 7) is 5.38. The Morgan fingerprint density at radius 1 is 1.10 bits per heavy atom. The van der Waals surface area contributed by atoms with Gasteiger partial charge in [-0.15, -0.1) is 0 Å². The third-order valence-corrected chi connectivity index (χ3v) is 15.8. The van der Waals surface area contributed by atoms with E-state index in [2.05, 4.69) is 53.3 Å². The Morgan fingerprint density at radius 3 is 2.69 bits per heavy atom. The molecule has 0 bridgehead atoms. The number of carbonyl (C=O) groups is 1. The van der Waals surface area contributed by atoms with E-state index in [4.69, 9.17) is 0 Å². The molecule has 29 heavy (non-hydrogen) atoms. The van der Waals surface area contributed by atoms with Gasteiger partial charge in [-0.25, -0.2) is 0 Å². The van der Waals surface area contributed by atoms with Crippen LogP contribution in [0.1, 0.15) is 44.1 Å². The molecule has 1 aromatic rings. The predicted molar refractivity (Wildman–Crippen MR) is 121 cm³/mol. The van der Waals surface area contributed by atoms with E-state index in [1.807, 2.05) is 0 Å². The molecule has 1 amide bonds. The molecule has 2 fully saturated rings. The van der Waals surface area contributed by atoms with E-state index in [0.29, 0.717) is 11.9 Å². The third-order valence-electron chi connectivity index (χ3n) is 7.08. The van der Waals surface area contributed by atoms with Gasteiger partial charge in [0, 0.05) is 0 Å². The Balaban J connectivity index is 1.32. The fourth-order valence-electron chi connectivity index (χ4n) is 5.34. The molecule has 2 aliphatic heterocycles. The summed E-state index contributed by atoms with van der Waals surface area (Å²) < 4.78 is 6.98. The van der Waals surface area contributed by atoms with Crippen molar-refractivity contribution in [1.29, 1.82) is 0 Å². The van der Waals surface area contributed by atoms with Crippen LogP contribution in [-0.2, 0) is 11.2 Å². The molecule has 0 radical (unpaired) electrons.